The summed E-state index contributed by atoms with van der Waals surface area (Å²) in [6, 6.07) is 15.4. The standard InChI is InChI=1S/C20H16F2N2O3S2/c1-28-16-8-6-14(7-9-16)23-20(25)13-2-4-15(5-3-13)24-29(26,27)17-10-11-18(21)19(22)12-17/h2-12,24H,1H3,(H,23,25). The van der Waals surface area contributed by atoms with Crippen molar-refractivity contribution in [3.05, 3.63) is 83.9 Å². The van der Waals surface area contributed by atoms with Gasteiger partial charge in [0, 0.05) is 21.8 Å². The average Bonchev–Trinajstić information content (AvgIpc) is 2.70. The van der Waals surface area contributed by atoms with Gasteiger partial charge in [-0.25, -0.2) is 17.2 Å². The van der Waals surface area contributed by atoms with Crippen LogP contribution in [0.5, 0.6) is 0 Å². The van der Waals surface area contributed by atoms with Gasteiger partial charge in [0.25, 0.3) is 15.9 Å². The molecule has 0 bridgehead atoms. The van der Waals surface area contributed by atoms with E-state index in [-0.39, 0.29) is 11.6 Å². The van der Waals surface area contributed by atoms with Gasteiger partial charge in [-0.2, -0.15) is 0 Å². The third-order valence-corrected chi connectivity index (χ3v) is 6.07. The van der Waals surface area contributed by atoms with Gasteiger partial charge < -0.3 is 5.32 Å². The van der Waals surface area contributed by atoms with Crippen LogP contribution in [0.15, 0.2) is 76.5 Å². The molecule has 3 rings (SSSR count). The van der Waals surface area contributed by atoms with Crippen molar-refractivity contribution in [1.29, 1.82) is 0 Å². The lowest BCUT2D eigenvalue weighted by Gasteiger charge is -2.10. The molecule has 150 valence electrons. The highest BCUT2D eigenvalue weighted by atomic mass is 32.2. The van der Waals surface area contributed by atoms with E-state index in [4.69, 9.17) is 0 Å². The number of hydrogen-bond acceptors (Lipinski definition) is 4. The minimum absolute atomic E-state index is 0.176. The van der Waals surface area contributed by atoms with Gasteiger partial charge in [-0.1, -0.05) is 0 Å². The zero-order chi connectivity index (χ0) is 21.0. The number of carbonyl (C=O) groups excluding carboxylic acids is 1. The number of hydrogen-bond donors (Lipinski definition) is 2. The Morgan fingerprint density at radius 3 is 2.07 bits per heavy atom. The Balaban J connectivity index is 1.70. The number of thioether (sulfide) groups is 1. The van der Waals surface area contributed by atoms with Gasteiger partial charge in [-0.05, 0) is 73.0 Å². The Kier molecular flexibility index (Phi) is 6.19. The molecule has 3 aromatic rings. The van der Waals surface area contributed by atoms with E-state index in [0.29, 0.717) is 17.3 Å². The second-order valence-corrected chi connectivity index (χ2v) is 8.50. The maximum absolute atomic E-state index is 13.3. The molecule has 0 aromatic heterocycles. The van der Waals surface area contributed by atoms with Crippen LogP contribution < -0.4 is 10.0 Å². The maximum atomic E-state index is 13.3. The lowest BCUT2D eigenvalue weighted by molar-refractivity contribution is 0.102. The summed E-state index contributed by atoms with van der Waals surface area (Å²) in [6.45, 7) is 0. The molecule has 0 heterocycles. The van der Waals surface area contributed by atoms with Crippen LogP contribution in [-0.4, -0.2) is 20.6 Å². The first-order valence-corrected chi connectivity index (χ1v) is 11.0. The first-order chi connectivity index (χ1) is 13.8. The van der Waals surface area contributed by atoms with Crippen LogP contribution in [0.4, 0.5) is 20.2 Å². The van der Waals surface area contributed by atoms with Gasteiger partial charge in [0.2, 0.25) is 0 Å². The molecular formula is C20H16F2N2O3S2. The number of halogens is 2. The third kappa shape index (κ3) is 5.12. The Morgan fingerprint density at radius 1 is 0.862 bits per heavy atom. The molecule has 0 aliphatic heterocycles. The van der Waals surface area contributed by atoms with Gasteiger partial charge in [-0.3, -0.25) is 9.52 Å². The molecule has 29 heavy (non-hydrogen) atoms. The molecule has 3 aromatic carbocycles. The summed E-state index contributed by atoms with van der Waals surface area (Å²) in [7, 11) is -4.10. The number of carbonyl (C=O) groups is 1. The molecule has 0 aliphatic rings. The van der Waals surface area contributed by atoms with Crippen LogP contribution in [0.1, 0.15) is 10.4 Å². The van der Waals surface area contributed by atoms with Crippen LogP contribution in [0.25, 0.3) is 0 Å². The van der Waals surface area contributed by atoms with E-state index in [1.54, 1.807) is 23.9 Å². The number of nitrogens with one attached hydrogen (secondary N) is 2. The molecule has 0 saturated carbocycles. The highest BCUT2D eigenvalue weighted by Crippen LogP contribution is 2.20. The zero-order valence-electron chi connectivity index (χ0n) is 15.1. The molecule has 0 aliphatic carbocycles. The van der Waals surface area contributed by atoms with Gasteiger partial charge in [0.05, 0.1) is 4.90 Å². The fourth-order valence-electron chi connectivity index (χ4n) is 2.43. The van der Waals surface area contributed by atoms with Gasteiger partial charge in [0.15, 0.2) is 11.6 Å². The van der Waals surface area contributed by atoms with Gasteiger partial charge in [-0.15, -0.1) is 11.8 Å². The van der Waals surface area contributed by atoms with Crippen LogP contribution in [0.3, 0.4) is 0 Å². The molecule has 0 spiro atoms. The van der Waals surface area contributed by atoms with Crippen molar-refractivity contribution in [3.63, 3.8) is 0 Å². The molecule has 0 saturated heterocycles. The van der Waals surface area contributed by atoms with Crippen molar-refractivity contribution in [1.82, 2.24) is 0 Å². The Labute approximate surface area is 171 Å². The summed E-state index contributed by atoms with van der Waals surface area (Å²) >= 11 is 1.59. The van der Waals surface area contributed by atoms with Crippen molar-refractivity contribution >= 4 is 39.1 Å². The lowest BCUT2D eigenvalue weighted by atomic mass is 10.2. The summed E-state index contributed by atoms with van der Waals surface area (Å²) in [6.07, 6.45) is 1.95. The van der Waals surface area contributed by atoms with Gasteiger partial charge >= 0.3 is 0 Å². The minimum Gasteiger partial charge on any atom is -0.322 e. The van der Waals surface area contributed by atoms with E-state index in [2.05, 4.69) is 10.0 Å². The Morgan fingerprint density at radius 2 is 1.48 bits per heavy atom. The van der Waals surface area contributed by atoms with Crippen molar-refractivity contribution < 1.29 is 22.0 Å². The van der Waals surface area contributed by atoms with E-state index in [9.17, 15) is 22.0 Å². The predicted molar refractivity (Wildman–Crippen MR) is 110 cm³/mol. The lowest BCUT2D eigenvalue weighted by Crippen LogP contribution is -2.14. The van der Waals surface area contributed by atoms with E-state index in [0.717, 1.165) is 17.0 Å². The maximum Gasteiger partial charge on any atom is 0.261 e. The van der Waals surface area contributed by atoms with Crippen LogP contribution in [0.2, 0.25) is 0 Å². The number of amides is 1. The predicted octanol–water partition coefficient (Wildman–Crippen LogP) is 4.74. The topological polar surface area (TPSA) is 75.3 Å². The molecule has 0 unspecified atom stereocenters. The van der Waals surface area contributed by atoms with Gasteiger partial charge in [0.1, 0.15) is 0 Å². The van der Waals surface area contributed by atoms with Crippen LogP contribution in [0, 0.1) is 11.6 Å². The molecule has 2 N–H and O–H groups in total. The fraction of sp³-hybridized carbons (Fsp3) is 0.0500. The average molecular weight is 434 g/mol. The first-order valence-electron chi connectivity index (χ1n) is 8.32. The smallest absolute Gasteiger partial charge is 0.261 e. The summed E-state index contributed by atoms with van der Waals surface area (Å²) in [4.78, 5) is 13.0. The molecule has 1 amide bonds. The Hall–Kier alpha value is -2.91. The molecule has 0 atom stereocenters. The Bertz CT molecular complexity index is 1130. The van der Waals surface area contributed by atoms with E-state index < -0.39 is 26.6 Å². The summed E-state index contributed by atoms with van der Waals surface area (Å²) < 4.78 is 53.1. The first kappa shape index (κ1) is 20.8. The van der Waals surface area contributed by atoms with Crippen molar-refractivity contribution in [2.24, 2.45) is 0 Å². The molecular weight excluding hydrogens is 418 g/mol. The van der Waals surface area contributed by atoms with Crippen molar-refractivity contribution in [2.45, 2.75) is 9.79 Å². The summed E-state index contributed by atoms with van der Waals surface area (Å²) in [5.41, 5.74) is 1.14. The number of benzene rings is 3. The fourth-order valence-corrected chi connectivity index (χ4v) is 3.90. The number of anilines is 2. The summed E-state index contributed by atoms with van der Waals surface area (Å²) in [5, 5.41) is 2.75. The second kappa shape index (κ2) is 8.62. The van der Waals surface area contributed by atoms with E-state index >= 15 is 0 Å². The van der Waals surface area contributed by atoms with Crippen molar-refractivity contribution in [2.75, 3.05) is 16.3 Å². The third-order valence-electron chi connectivity index (χ3n) is 3.95. The second-order valence-electron chi connectivity index (χ2n) is 5.94. The molecule has 5 nitrogen and oxygen atoms in total. The van der Waals surface area contributed by atoms with Crippen molar-refractivity contribution in [3.8, 4) is 0 Å². The SMILES string of the molecule is CSc1ccc(NC(=O)c2ccc(NS(=O)(=O)c3ccc(F)c(F)c3)cc2)cc1. The van der Waals surface area contributed by atoms with Crippen LogP contribution in [-0.2, 0) is 10.0 Å². The quantitative estimate of drug-likeness (QED) is 0.550. The monoisotopic (exact) mass is 434 g/mol. The highest BCUT2D eigenvalue weighted by Gasteiger charge is 2.17. The van der Waals surface area contributed by atoms with Crippen LogP contribution >= 0.6 is 11.8 Å². The number of rotatable bonds is 6. The van der Waals surface area contributed by atoms with E-state index in [1.807, 2.05) is 18.4 Å². The summed E-state index contributed by atoms with van der Waals surface area (Å²) in [5.74, 6) is -2.75. The molecule has 9 heteroatoms. The zero-order valence-corrected chi connectivity index (χ0v) is 16.8. The minimum atomic E-state index is -4.10. The highest BCUT2D eigenvalue weighted by molar-refractivity contribution is 7.98. The normalized spacial score (nSPS) is 11.1. The molecule has 0 radical (unpaired) electrons. The van der Waals surface area contributed by atoms with E-state index in [1.165, 1.54) is 24.3 Å². The molecule has 0 fully saturated rings. The number of sulfonamides is 1. The largest absolute Gasteiger partial charge is 0.322 e.